The molecule has 2 aliphatic rings. The molecule has 8 heteroatoms. The topological polar surface area (TPSA) is 69.9 Å². The average Bonchev–Trinajstić information content (AvgIpc) is 3.27. The van der Waals surface area contributed by atoms with Crippen LogP contribution in [0.1, 0.15) is 36.7 Å². The lowest BCUT2D eigenvalue weighted by atomic mass is 10.0. The highest BCUT2D eigenvalue weighted by atomic mass is 16.1. The van der Waals surface area contributed by atoms with Crippen molar-refractivity contribution >= 4 is 17.1 Å². The van der Waals surface area contributed by atoms with E-state index >= 15 is 0 Å². The molecular formula is C24H31N7O. The van der Waals surface area contributed by atoms with E-state index in [0.29, 0.717) is 18.2 Å². The van der Waals surface area contributed by atoms with Crippen LogP contribution in [0, 0.1) is 0 Å². The Morgan fingerprint density at radius 1 is 1.06 bits per heavy atom. The van der Waals surface area contributed by atoms with Crippen molar-refractivity contribution < 1.29 is 4.79 Å². The van der Waals surface area contributed by atoms with Crippen LogP contribution in [0.25, 0.3) is 16.8 Å². The number of rotatable bonds is 5. The Hall–Kier alpha value is -2.84. The SMILES string of the molecule is CCC(=O)c1cc(-c2cnn3cc(N4CCC(N5CCN(C)CC5)CC4)cnc23)ccn1. The minimum absolute atomic E-state index is 0.0403. The second kappa shape index (κ2) is 8.96. The molecule has 0 spiro atoms. The van der Waals surface area contributed by atoms with Crippen LogP contribution in [0.15, 0.2) is 36.9 Å². The van der Waals surface area contributed by atoms with Gasteiger partial charge in [0.15, 0.2) is 11.4 Å². The molecule has 0 radical (unpaired) electrons. The van der Waals surface area contributed by atoms with Crippen molar-refractivity contribution in [3.05, 3.63) is 42.6 Å². The predicted octanol–water partition coefficient (Wildman–Crippen LogP) is 2.60. The molecule has 0 aliphatic carbocycles. The summed E-state index contributed by atoms with van der Waals surface area (Å²) in [4.78, 5) is 28.5. The van der Waals surface area contributed by atoms with Crippen molar-refractivity contribution in [1.82, 2.24) is 29.4 Å². The molecule has 5 heterocycles. The molecule has 5 rings (SSSR count). The van der Waals surface area contributed by atoms with E-state index in [1.54, 1.807) is 6.20 Å². The van der Waals surface area contributed by atoms with Gasteiger partial charge >= 0.3 is 0 Å². The van der Waals surface area contributed by atoms with E-state index < -0.39 is 0 Å². The highest BCUT2D eigenvalue weighted by Crippen LogP contribution is 2.27. The predicted molar refractivity (Wildman–Crippen MR) is 125 cm³/mol. The molecule has 0 unspecified atom stereocenters. The van der Waals surface area contributed by atoms with Crippen LogP contribution in [0.4, 0.5) is 5.69 Å². The number of piperidine rings is 1. The number of hydrogen-bond acceptors (Lipinski definition) is 7. The third kappa shape index (κ3) is 4.12. The van der Waals surface area contributed by atoms with Gasteiger partial charge in [-0.15, -0.1) is 0 Å². The van der Waals surface area contributed by atoms with Crippen LogP contribution in [-0.4, -0.2) is 87.5 Å². The van der Waals surface area contributed by atoms with Crippen molar-refractivity contribution in [2.45, 2.75) is 32.2 Å². The molecule has 168 valence electrons. The van der Waals surface area contributed by atoms with E-state index in [1.165, 1.54) is 39.0 Å². The summed E-state index contributed by atoms with van der Waals surface area (Å²) < 4.78 is 1.85. The van der Waals surface area contributed by atoms with Crippen LogP contribution in [0.5, 0.6) is 0 Å². The van der Waals surface area contributed by atoms with Gasteiger partial charge < -0.3 is 9.80 Å². The largest absolute Gasteiger partial charge is 0.369 e. The molecule has 32 heavy (non-hydrogen) atoms. The first-order valence-corrected chi connectivity index (χ1v) is 11.6. The Kier molecular flexibility index (Phi) is 5.89. The number of nitrogens with zero attached hydrogens (tertiary/aromatic N) is 7. The molecule has 0 N–H and O–H groups in total. The molecule has 3 aromatic rings. The number of Topliss-reactive ketones (excluding diaryl/α,β-unsaturated/α-hetero) is 1. The van der Waals surface area contributed by atoms with Crippen molar-refractivity contribution in [3.8, 4) is 11.1 Å². The van der Waals surface area contributed by atoms with Gasteiger partial charge in [-0.05, 0) is 37.6 Å². The number of anilines is 1. The molecule has 8 nitrogen and oxygen atoms in total. The minimum Gasteiger partial charge on any atom is -0.369 e. The number of likely N-dealkylation sites (N-methyl/N-ethyl adjacent to an activating group) is 1. The van der Waals surface area contributed by atoms with Crippen LogP contribution in [0.2, 0.25) is 0 Å². The van der Waals surface area contributed by atoms with Crippen LogP contribution < -0.4 is 4.90 Å². The molecule has 0 bridgehead atoms. The fraction of sp³-hybridized carbons (Fsp3) is 0.500. The first-order valence-electron chi connectivity index (χ1n) is 11.6. The highest BCUT2D eigenvalue weighted by molar-refractivity contribution is 5.95. The Morgan fingerprint density at radius 2 is 1.84 bits per heavy atom. The summed E-state index contributed by atoms with van der Waals surface area (Å²) in [5, 5.41) is 4.55. The number of carbonyl (C=O) groups excluding carboxylic acids is 1. The lowest BCUT2D eigenvalue weighted by Crippen LogP contribution is -2.52. The first-order chi connectivity index (χ1) is 15.6. The first kappa shape index (κ1) is 21.0. The normalized spacial score (nSPS) is 19.0. The maximum absolute atomic E-state index is 12.0. The van der Waals surface area contributed by atoms with E-state index in [1.807, 2.05) is 36.0 Å². The van der Waals surface area contributed by atoms with Gasteiger partial charge in [-0.25, -0.2) is 9.50 Å². The van der Waals surface area contributed by atoms with E-state index in [4.69, 9.17) is 4.98 Å². The average molecular weight is 434 g/mol. The summed E-state index contributed by atoms with van der Waals surface area (Å²) in [6, 6.07) is 4.43. The van der Waals surface area contributed by atoms with Crippen LogP contribution in [0.3, 0.4) is 0 Å². The summed E-state index contributed by atoms with van der Waals surface area (Å²) in [5.74, 6) is 0.0403. The summed E-state index contributed by atoms with van der Waals surface area (Å²) in [6.45, 7) is 8.66. The van der Waals surface area contributed by atoms with Gasteiger partial charge in [0.25, 0.3) is 0 Å². The summed E-state index contributed by atoms with van der Waals surface area (Å²) in [5.41, 5.74) is 4.23. The molecule has 0 amide bonds. The molecule has 0 atom stereocenters. The van der Waals surface area contributed by atoms with Gasteiger partial charge in [-0.3, -0.25) is 14.7 Å². The Bertz CT molecular complexity index is 1090. The van der Waals surface area contributed by atoms with E-state index in [9.17, 15) is 4.79 Å². The number of piperazine rings is 1. The lowest BCUT2D eigenvalue weighted by molar-refractivity contribution is 0.0981. The van der Waals surface area contributed by atoms with Crippen LogP contribution >= 0.6 is 0 Å². The second-order valence-electron chi connectivity index (χ2n) is 8.90. The van der Waals surface area contributed by atoms with E-state index in [-0.39, 0.29) is 5.78 Å². The van der Waals surface area contributed by atoms with E-state index in [0.717, 1.165) is 35.6 Å². The standard InChI is InChI=1S/C24H31N7O/c1-3-23(32)22-14-18(4-7-25-22)21-16-27-31-17-20(15-26-24(21)31)29-8-5-19(6-9-29)30-12-10-28(2)11-13-30/h4,7,14-17,19H,3,5-6,8-13H2,1-2H3. The van der Waals surface area contributed by atoms with Crippen molar-refractivity contribution in [3.63, 3.8) is 0 Å². The summed E-state index contributed by atoms with van der Waals surface area (Å²) in [7, 11) is 2.21. The molecular weight excluding hydrogens is 402 g/mol. The number of carbonyl (C=O) groups is 1. The molecule has 3 aromatic heterocycles. The lowest BCUT2D eigenvalue weighted by Gasteiger charge is -2.42. The molecule has 2 aliphatic heterocycles. The van der Waals surface area contributed by atoms with Crippen molar-refractivity contribution in [2.75, 3.05) is 51.2 Å². The number of hydrogen-bond donors (Lipinski definition) is 0. The molecule has 2 fully saturated rings. The Balaban J connectivity index is 1.30. The molecule has 0 saturated carbocycles. The summed E-state index contributed by atoms with van der Waals surface area (Å²) >= 11 is 0. The Morgan fingerprint density at radius 3 is 2.59 bits per heavy atom. The maximum atomic E-state index is 12.0. The van der Waals surface area contributed by atoms with Gasteiger partial charge in [0.2, 0.25) is 0 Å². The quantitative estimate of drug-likeness (QED) is 0.573. The number of pyridine rings is 1. The second-order valence-corrected chi connectivity index (χ2v) is 8.90. The van der Waals surface area contributed by atoms with Gasteiger partial charge in [0, 0.05) is 63.5 Å². The summed E-state index contributed by atoms with van der Waals surface area (Å²) in [6.07, 6.45) is 10.4. The highest BCUT2D eigenvalue weighted by Gasteiger charge is 2.27. The number of aromatic nitrogens is 4. The van der Waals surface area contributed by atoms with Gasteiger partial charge in [0.05, 0.1) is 24.3 Å². The van der Waals surface area contributed by atoms with Crippen LogP contribution in [-0.2, 0) is 0 Å². The van der Waals surface area contributed by atoms with Gasteiger partial charge in [0.1, 0.15) is 5.69 Å². The minimum atomic E-state index is 0.0403. The van der Waals surface area contributed by atoms with Gasteiger partial charge in [-0.1, -0.05) is 6.92 Å². The molecule has 2 saturated heterocycles. The van der Waals surface area contributed by atoms with Crippen molar-refractivity contribution in [2.24, 2.45) is 0 Å². The number of ketones is 1. The van der Waals surface area contributed by atoms with Crippen molar-refractivity contribution in [1.29, 1.82) is 0 Å². The van der Waals surface area contributed by atoms with E-state index in [2.05, 4.69) is 38.0 Å². The molecule has 0 aromatic carbocycles. The fourth-order valence-electron chi connectivity index (χ4n) is 4.84. The zero-order chi connectivity index (χ0) is 22.1. The smallest absolute Gasteiger partial charge is 0.180 e. The number of fused-ring (bicyclic) bond motifs is 1. The fourth-order valence-corrected chi connectivity index (χ4v) is 4.84. The van der Waals surface area contributed by atoms with Gasteiger partial charge in [-0.2, -0.15) is 5.10 Å². The zero-order valence-electron chi connectivity index (χ0n) is 18.9. The third-order valence-corrected chi connectivity index (χ3v) is 6.90. The maximum Gasteiger partial charge on any atom is 0.180 e. The monoisotopic (exact) mass is 433 g/mol. The Labute approximate surface area is 188 Å². The third-order valence-electron chi connectivity index (χ3n) is 6.90. The zero-order valence-corrected chi connectivity index (χ0v) is 18.9.